The van der Waals surface area contributed by atoms with E-state index < -0.39 is 5.97 Å². The number of fused-ring (bicyclic) bond motifs is 1. The summed E-state index contributed by atoms with van der Waals surface area (Å²) in [6.45, 7) is 2.09. The fourth-order valence-corrected chi connectivity index (χ4v) is 1.81. The zero-order valence-corrected chi connectivity index (χ0v) is 10.6. The maximum atomic E-state index is 11.3. The molecule has 0 spiro atoms. The van der Waals surface area contributed by atoms with E-state index in [0.29, 0.717) is 11.6 Å². The van der Waals surface area contributed by atoms with Crippen molar-refractivity contribution in [3.8, 4) is 0 Å². The lowest BCUT2D eigenvalue weighted by molar-refractivity contribution is -0.137. The minimum atomic E-state index is -0.436. The highest BCUT2D eigenvalue weighted by molar-refractivity contribution is 6.50. The first-order chi connectivity index (χ1) is 8.70. The van der Waals surface area contributed by atoms with Gasteiger partial charge in [0.1, 0.15) is 0 Å². The lowest BCUT2D eigenvalue weighted by Crippen LogP contribution is -1.99. The van der Waals surface area contributed by atoms with Crippen molar-refractivity contribution in [3.05, 3.63) is 48.3 Å². The van der Waals surface area contributed by atoms with Crippen LogP contribution in [-0.4, -0.2) is 17.6 Å². The Morgan fingerprint density at radius 1 is 1.39 bits per heavy atom. The van der Waals surface area contributed by atoms with Gasteiger partial charge in [0, 0.05) is 23.9 Å². The highest BCUT2D eigenvalue weighted by Crippen LogP contribution is 2.23. The third-order valence-electron chi connectivity index (χ3n) is 2.45. The van der Waals surface area contributed by atoms with E-state index in [1.807, 2.05) is 24.3 Å². The van der Waals surface area contributed by atoms with E-state index in [9.17, 15) is 4.79 Å². The second-order valence-corrected chi connectivity index (χ2v) is 4.09. The van der Waals surface area contributed by atoms with Crippen molar-refractivity contribution in [1.82, 2.24) is 4.98 Å². The third-order valence-corrected chi connectivity index (χ3v) is 2.77. The quantitative estimate of drug-likeness (QED) is 0.628. The number of aromatic nitrogens is 1. The Hall–Kier alpha value is -1.87. The smallest absolute Gasteiger partial charge is 0.332 e. The van der Waals surface area contributed by atoms with Gasteiger partial charge in [0.15, 0.2) is 0 Å². The number of carbonyl (C=O) groups excluding carboxylic acids is 1. The highest BCUT2D eigenvalue weighted by atomic mass is 35.5. The van der Waals surface area contributed by atoms with Gasteiger partial charge in [-0.05, 0) is 30.0 Å². The number of benzene rings is 1. The molecule has 0 fully saturated rings. The SMILES string of the molecule is CCOC(=O)/C=C(\Cl)c1ccc2ccncc2c1. The second kappa shape index (κ2) is 5.65. The third kappa shape index (κ3) is 2.87. The van der Waals surface area contributed by atoms with Crippen molar-refractivity contribution < 1.29 is 9.53 Å². The van der Waals surface area contributed by atoms with Crippen molar-refractivity contribution >= 4 is 33.4 Å². The molecule has 0 aliphatic rings. The number of pyridine rings is 1. The van der Waals surface area contributed by atoms with Crippen LogP contribution in [0.5, 0.6) is 0 Å². The van der Waals surface area contributed by atoms with Gasteiger partial charge in [-0.1, -0.05) is 23.7 Å². The van der Waals surface area contributed by atoms with Crippen LogP contribution in [0.4, 0.5) is 0 Å². The monoisotopic (exact) mass is 261 g/mol. The fourth-order valence-electron chi connectivity index (χ4n) is 1.60. The molecule has 0 aliphatic heterocycles. The number of hydrogen-bond donors (Lipinski definition) is 0. The molecule has 0 unspecified atom stereocenters. The van der Waals surface area contributed by atoms with Crippen molar-refractivity contribution in [2.24, 2.45) is 0 Å². The molecule has 92 valence electrons. The van der Waals surface area contributed by atoms with E-state index in [2.05, 4.69) is 4.98 Å². The van der Waals surface area contributed by atoms with Crippen molar-refractivity contribution in [3.63, 3.8) is 0 Å². The Kier molecular flexibility index (Phi) is 3.95. The van der Waals surface area contributed by atoms with E-state index in [1.54, 1.807) is 19.3 Å². The maximum absolute atomic E-state index is 11.3. The van der Waals surface area contributed by atoms with Crippen LogP contribution in [0.1, 0.15) is 12.5 Å². The van der Waals surface area contributed by atoms with Gasteiger partial charge in [0.2, 0.25) is 0 Å². The Labute approximate surface area is 110 Å². The van der Waals surface area contributed by atoms with Crippen LogP contribution in [-0.2, 0) is 9.53 Å². The highest BCUT2D eigenvalue weighted by Gasteiger charge is 2.04. The molecule has 0 radical (unpaired) electrons. The van der Waals surface area contributed by atoms with Gasteiger partial charge < -0.3 is 4.74 Å². The first-order valence-corrected chi connectivity index (χ1v) is 5.96. The van der Waals surface area contributed by atoms with E-state index >= 15 is 0 Å². The number of carbonyl (C=O) groups is 1. The molecule has 2 rings (SSSR count). The van der Waals surface area contributed by atoms with Crippen LogP contribution in [0.25, 0.3) is 15.8 Å². The summed E-state index contributed by atoms with van der Waals surface area (Å²) in [6.07, 6.45) is 4.77. The van der Waals surface area contributed by atoms with Gasteiger partial charge in [-0.3, -0.25) is 4.98 Å². The molecule has 0 bridgehead atoms. The molecule has 0 atom stereocenters. The summed E-state index contributed by atoms with van der Waals surface area (Å²) >= 11 is 6.08. The standard InChI is InChI=1S/C14H12ClNO2/c1-2-18-14(17)8-13(15)11-4-3-10-5-6-16-9-12(10)7-11/h3-9H,2H2,1H3/b13-8-. The molecule has 1 heterocycles. The van der Waals surface area contributed by atoms with E-state index in [4.69, 9.17) is 16.3 Å². The van der Waals surface area contributed by atoms with Crippen LogP contribution in [0.2, 0.25) is 0 Å². The van der Waals surface area contributed by atoms with Gasteiger partial charge in [-0.25, -0.2) is 4.79 Å². The van der Waals surface area contributed by atoms with E-state index in [-0.39, 0.29) is 0 Å². The molecule has 1 aromatic heterocycles. The normalized spacial score (nSPS) is 11.6. The molecular weight excluding hydrogens is 250 g/mol. The van der Waals surface area contributed by atoms with Gasteiger partial charge in [0.05, 0.1) is 11.6 Å². The molecule has 18 heavy (non-hydrogen) atoms. The maximum Gasteiger partial charge on any atom is 0.332 e. The Morgan fingerprint density at radius 3 is 3.00 bits per heavy atom. The molecular formula is C14H12ClNO2. The molecule has 3 nitrogen and oxygen atoms in total. The zero-order valence-electron chi connectivity index (χ0n) is 9.89. The van der Waals surface area contributed by atoms with Crippen molar-refractivity contribution in [1.29, 1.82) is 0 Å². The lowest BCUT2D eigenvalue weighted by Gasteiger charge is -2.02. The summed E-state index contributed by atoms with van der Waals surface area (Å²) in [4.78, 5) is 15.3. The number of halogens is 1. The van der Waals surface area contributed by atoms with Gasteiger partial charge in [0.25, 0.3) is 0 Å². The Balaban J connectivity index is 2.33. The second-order valence-electron chi connectivity index (χ2n) is 3.68. The number of esters is 1. The Morgan fingerprint density at radius 2 is 2.22 bits per heavy atom. The zero-order chi connectivity index (χ0) is 13.0. The number of rotatable bonds is 3. The molecule has 1 aromatic carbocycles. The summed E-state index contributed by atoms with van der Waals surface area (Å²) in [6, 6.07) is 7.61. The van der Waals surface area contributed by atoms with Gasteiger partial charge in [-0.15, -0.1) is 0 Å². The largest absolute Gasteiger partial charge is 0.463 e. The molecule has 0 saturated carbocycles. The van der Waals surface area contributed by atoms with Crippen LogP contribution in [0.15, 0.2) is 42.7 Å². The summed E-state index contributed by atoms with van der Waals surface area (Å²) in [7, 11) is 0. The molecule has 2 aromatic rings. The van der Waals surface area contributed by atoms with Crippen LogP contribution < -0.4 is 0 Å². The van der Waals surface area contributed by atoms with Crippen molar-refractivity contribution in [2.45, 2.75) is 6.92 Å². The number of hydrogen-bond acceptors (Lipinski definition) is 3. The summed E-state index contributed by atoms with van der Waals surface area (Å²) in [5.41, 5.74) is 0.769. The predicted molar refractivity (Wildman–Crippen MR) is 72.2 cm³/mol. The average Bonchev–Trinajstić information content (AvgIpc) is 2.38. The van der Waals surface area contributed by atoms with Gasteiger partial charge >= 0.3 is 5.97 Å². The first-order valence-electron chi connectivity index (χ1n) is 5.59. The minimum absolute atomic E-state index is 0.334. The molecule has 0 amide bonds. The number of ether oxygens (including phenoxy) is 1. The topological polar surface area (TPSA) is 39.2 Å². The predicted octanol–water partition coefficient (Wildman–Crippen LogP) is 3.38. The summed E-state index contributed by atoms with van der Waals surface area (Å²) in [5.74, 6) is -0.436. The first kappa shape index (κ1) is 12.6. The minimum Gasteiger partial charge on any atom is -0.463 e. The molecule has 0 saturated heterocycles. The van der Waals surface area contributed by atoms with Crippen molar-refractivity contribution in [2.75, 3.05) is 6.61 Å². The van der Waals surface area contributed by atoms with Crippen LogP contribution in [0, 0.1) is 0 Å². The van der Waals surface area contributed by atoms with Crippen LogP contribution in [0.3, 0.4) is 0 Å². The van der Waals surface area contributed by atoms with Crippen LogP contribution >= 0.6 is 11.6 Å². The number of nitrogens with zero attached hydrogens (tertiary/aromatic N) is 1. The molecule has 0 aliphatic carbocycles. The average molecular weight is 262 g/mol. The molecule has 4 heteroatoms. The fraction of sp³-hybridized carbons (Fsp3) is 0.143. The summed E-state index contributed by atoms with van der Waals surface area (Å²) in [5, 5.41) is 2.42. The molecule has 0 N–H and O–H groups in total. The van der Waals surface area contributed by atoms with E-state index in [1.165, 1.54) is 6.08 Å². The van der Waals surface area contributed by atoms with Gasteiger partial charge in [-0.2, -0.15) is 0 Å². The lowest BCUT2D eigenvalue weighted by atomic mass is 10.1. The summed E-state index contributed by atoms with van der Waals surface area (Å²) < 4.78 is 4.81. The van der Waals surface area contributed by atoms with E-state index in [0.717, 1.165) is 16.3 Å². The Bertz CT molecular complexity index is 608.